The molecule has 1 fully saturated rings. The second-order valence-corrected chi connectivity index (χ2v) is 6.40. The number of nitrogens with zero attached hydrogens (tertiary/aromatic N) is 4. The van der Waals surface area contributed by atoms with E-state index < -0.39 is 0 Å². The van der Waals surface area contributed by atoms with Crippen LogP contribution < -0.4 is 14.4 Å². The van der Waals surface area contributed by atoms with Gasteiger partial charge in [-0.15, -0.1) is 0 Å². The summed E-state index contributed by atoms with van der Waals surface area (Å²) in [6.45, 7) is 1.59. The molecule has 0 atom stereocenters. The Balaban J connectivity index is 1.73. The van der Waals surface area contributed by atoms with Crippen molar-refractivity contribution >= 4 is 11.3 Å². The molecule has 0 bridgehead atoms. The fourth-order valence-corrected chi connectivity index (χ4v) is 3.37. The van der Waals surface area contributed by atoms with Crippen molar-refractivity contribution in [3.05, 3.63) is 36.7 Å². The molecule has 136 valence electrons. The predicted octanol–water partition coefficient (Wildman–Crippen LogP) is 2.37. The Labute approximate surface area is 151 Å². The van der Waals surface area contributed by atoms with Crippen LogP contribution >= 0.6 is 0 Å². The summed E-state index contributed by atoms with van der Waals surface area (Å²) < 4.78 is 12.5. The first-order chi connectivity index (χ1) is 12.7. The first-order valence-corrected chi connectivity index (χ1v) is 8.69. The molecule has 0 aliphatic carbocycles. The van der Waals surface area contributed by atoms with Gasteiger partial charge in [-0.1, -0.05) is 0 Å². The van der Waals surface area contributed by atoms with Crippen LogP contribution in [0.5, 0.6) is 11.5 Å². The lowest BCUT2D eigenvalue weighted by molar-refractivity contribution is 0.145. The average molecular weight is 354 g/mol. The molecule has 4 rings (SSSR count). The second-order valence-electron chi connectivity index (χ2n) is 6.40. The minimum absolute atomic E-state index is 0.210. The van der Waals surface area contributed by atoms with Crippen LogP contribution in [0.15, 0.2) is 36.7 Å². The number of hydrogen-bond acceptors (Lipinski definition) is 6. The van der Waals surface area contributed by atoms with Crippen LogP contribution in [0.25, 0.3) is 16.8 Å². The molecule has 0 radical (unpaired) electrons. The van der Waals surface area contributed by atoms with Gasteiger partial charge in [-0.25, -0.2) is 9.50 Å². The lowest BCUT2D eigenvalue weighted by Crippen LogP contribution is -2.36. The third-order valence-corrected chi connectivity index (χ3v) is 4.81. The van der Waals surface area contributed by atoms with Crippen LogP contribution in [0.4, 0.5) is 5.82 Å². The highest BCUT2D eigenvalue weighted by atomic mass is 16.5. The fourth-order valence-electron chi connectivity index (χ4n) is 3.37. The number of fused-ring (bicyclic) bond motifs is 1. The van der Waals surface area contributed by atoms with Crippen molar-refractivity contribution in [2.75, 3.05) is 32.2 Å². The molecule has 7 nitrogen and oxygen atoms in total. The minimum atomic E-state index is -0.210. The maximum Gasteiger partial charge on any atom is 0.161 e. The standard InChI is InChI=1S/C19H22N4O3/c1-25-17-4-3-13(11-18(17)26-2)15-12-16-19(20-7-10-23(16)21-15)22-8-5-14(24)6-9-22/h3-4,7,10-12,14,24H,5-6,8-9H2,1-2H3. The molecule has 7 heteroatoms. The van der Waals surface area contributed by atoms with Crippen molar-refractivity contribution < 1.29 is 14.6 Å². The normalized spacial score (nSPS) is 15.4. The van der Waals surface area contributed by atoms with Crippen LogP contribution in [0.1, 0.15) is 12.8 Å². The quantitative estimate of drug-likeness (QED) is 0.776. The number of benzene rings is 1. The Hall–Kier alpha value is -2.80. The summed E-state index contributed by atoms with van der Waals surface area (Å²) in [5.74, 6) is 2.26. The van der Waals surface area contributed by atoms with E-state index in [9.17, 15) is 5.11 Å². The Morgan fingerprint density at radius 3 is 2.58 bits per heavy atom. The van der Waals surface area contributed by atoms with E-state index in [0.717, 1.165) is 48.5 Å². The van der Waals surface area contributed by atoms with E-state index in [4.69, 9.17) is 9.47 Å². The zero-order valence-corrected chi connectivity index (χ0v) is 14.9. The van der Waals surface area contributed by atoms with E-state index in [1.54, 1.807) is 20.4 Å². The van der Waals surface area contributed by atoms with E-state index >= 15 is 0 Å². The molecule has 1 aromatic carbocycles. The number of aromatic nitrogens is 3. The first-order valence-electron chi connectivity index (χ1n) is 8.69. The Morgan fingerprint density at radius 2 is 1.85 bits per heavy atom. The third kappa shape index (κ3) is 2.94. The number of piperidine rings is 1. The third-order valence-electron chi connectivity index (χ3n) is 4.81. The maximum atomic E-state index is 9.75. The molecule has 1 aliphatic rings. The summed E-state index contributed by atoms with van der Waals surface area (Å²) in [6, 6.07) is 7.80. The molecule has 0 saturated carbocycles. The van der Waals surface area contributed by atoms with Gasteiger partial charge in [0.2, 0.25) is 0 Å². The van der Waals surface area contributed by atoms with E-state index in [1.165, 1.54) is 0 Å². The smallest absolute Gasteiger partial charge is 0.161 e. The van der Waals surface area contributed by atoms with Gasteiger partial charge in [0.15, 0.2) is 17.3 Å². The number of aliphatic hydroxyl groups excluding tert-OH is 1. The van der Waals surface area contributed by atoms with Gasteiger partial charge in [-0.05, 0) is 37.1 Å². The highest BCUT2D eigenvalue weighted by Gasteiger charge is 2.21. The van der Waals surface area contributed by atoms with Crippen molar-refractivity contribution in [1.82, 2.24) is 14.6 Å². The highest BCUT2D eigenvalue weighted by Crippen LogP contribution is 2.33. The molecule has 0 amide bonds. The van der Waals surface area contributed by atoms with Crippen molar-refractivity contribution in [2.45, 2.75) is 18.9 Å². The average Bonchev–Trinajstić information content (AvgIpc) is 3.12. The van der Waals surface area contributed by atoms with Crippen molar-refractivity contribution in [1.29, 1.82) is 0 Å². The van der Waals surface area contributed by atoms with Crippen LogP contribution in [0.2, 0.25) is 0 Å². The summed E-state index contributed by atoms with van der Waals surface area (Å²) in [7, 11) is 3.24. The molecule has 1 saturated heterocycles. The molecule has 1 N–H and O–H groups in total. The summed E-state index contributed by atoms with van der Waals surface area (Å²) in [5.41, 5.74) is 2.75. The zero-order valence-electron chi connectivity index (χ0n) is 14.9. The van der Waals surface area contributed by atoms with Crippen molar-refractivity contribution in [3.8, 4) is 22.8 Å². The van der Waals surface area contributed by atoms with Crippen molar-refractivity contribution in [2.24, 2.45) is 0 Å². The van der Waals surface area contributed by atoms with Crippen LogP contribution in [0.3, 0.4) is 0 Å². The molecule has 26 heavy (non-hydrogen) atoms. The number of ether oxygens (including phenoxy) is 2. The number of anilines is 1. The number of aliphatic hydroxyl groups is 1. The van der Waals surface area contributed by atoms with E-state index in [0.29, 0.717) is 11.5 Å². The lowest BCUT2D eigenvalue weighted by Gasteiger charge is -2.30. The van der Waals surface area contributed by atoms with Crippen LogP contribution in [-0.2, 0) is 0 Å². The first kappa shape index (κ1) is 16.7. The molecule has 0 spiro atoms. The number of methoxy groups -OCH3 is 2. The van der Waals surface area contributed by atoms with Gasteiger partial charge < -0.3 is 19.5 Å². The summed E-state index contributed by atoms with van der Waals surface area (Å²) >= 11 is 0. The fraction of sp³-hybridized carbons (Fsp3) is 0.368. The Kier molecular flexibility index (Phi) is 4.38. The van der Waals surface area contributed by atoms with E-state index in [-0.39, 0.29) is 6.10 Å². The monoisotopic (exact) mass is 354 g/mol. The van der Waals surface area contributed by atoms with Gasteiger partial charge in [0.25, 0.3) is 0 Å². The minimum Gasteiger partial charge on any atom is -0.493 e. The number of hydrogen-bond donors (Lipinski definition) is 1. The highest BCUT2D eigenvalue weighted by molar-refractivity contribution is 5.76. The van der Waals surface area contributed by atoms with E-state index in [2.05, 4.69) is 15.0 Å². The predicted molar refractivity (Wildman–Crippen MR) is 99.0 cm³/mol. The molecule has 3 heterocycles. The number of rotatable bonds is 4. The largest absolute Gasteiger partial charge is 0.493 e. The Bertz CT molecular complexity index is 916. The lowest BCUT2D eigenvalue weighted by atomic mass is 10.1. The molecule has 3 aromatic rings. The topological polar surface area (TPSA) is 72.1 Å². The summed E-state index contributed by atoms with van der Waals surface area (Å²) in [5, 5.41) is 14.4. The molecule has 2 aromatic heterocycles. The molecule has 1 aliphatic heterocycles. The molecular weight excluding hydrogens is 332 g/mol. The maximum absolute atomic E-state index is 9.75. The SMILES string of the molecule is COc1ccc(-c2cc3c(N4CCC(O)CC4)nccn3n2)cc1OC. The zero-order chi connectivity index (χ0) is 18.1. The molecule has 0 unspecified atom stereocenters. The van der Waals surface area contributed by atoms with Gasteiger partial charge in [-0.2, -0.15) is 5.10 Å². The van der Waals surface area contributed by atoms with Gasteiger partial charge in [-0.3, -0.25) is 0 Å². The van der Waals surface area contributed by atoms with Gasteiger partial charge in [0.1, 0.15) is 5.52 Å². The van der Waals surface area contributed by atoms with Gasteiger partial charge in [0, 0.05) is 31.0 Å². The van der Waals surface area contributed by atoms with E-state index in [1.807, 2.05) is 35.0 Å². The van der Waals surface area contributed by atoms with Crippen LogP contribution in [0, 0.1) is 0 Å². The molecular formula is C19H22N4O3. The van der Waals surface area contributed by atoms with Gasteiger partial charge in [0.05, 0.1) is 26.0 Å². The summed E-state index contributed by atoms with van der Waals surface area (Å²) in [4.78, 5) is 6.77. The summed E-state index contributed by atoms with van der Waals surface area (Å²) in [6.07, 6.45) is 4.93. The second kappa shape index (κ2) is 6.84. The Morgan fingerprint density at radius 1 is 1.08 bits per heavy atom. The van der Waals surface area contributed by atoms with Gasteiger partial charge >= 0.3 is 0 Å². The van der Waals surface area contributed by atoms with Crippen LogP contribution in [-0.4, -0.2) is 53.1 Å². The van der Waals surface area contributed by atoms with Crippen molar-refractivity contribution in [3.63, 3.8) is 0 Å².